The Hall–Kier alpha value is -2.44. The Morgan fingerprint density at radius 3 is 1.12 bits per heavy atom. The molecule has 0 N–H and O–H groups in total. The zero-order valence-electron chi connectivity index (χ0n) is 29.8. The molecule has 0 spiro atoms. The molecule has 2 aromatic heterocycles. The van der Waals surface area contributed by atoms with Gasteiger partial charge in [0.2, 0.25) is 12.7 Å². The minimum Gasteiger partial charge on any atom is -1.00 e. The molecule has 5 rings (SSSR count). The lowest BCUT2D eigenvalue weighted by Gasteiger charge is -2.03. The van der Waals surface area contributed by atoms with Crippen LogP contribution in [0.5, 0.6) is 0 Å². The third-order valence-electron chi connectivity index (χ3n) is 9.79. The van der Waals surface area contributed by atoms with Gasteiger partial charge in [-0.15, -0.1) is 0 Å². The molecule has 0 bridgehead atoms. The maximum absolute atomic E-state index is 2.47. The number of hydrogen-bond donors (Lipinski definition) is 0. The van der Waals surface area contributed by atoms with Crippen LogP contribution in [0.4, 0.5) is 0 Å². The van der Waals surface area contributed by atoms with Crippen molar-refractivity contribution in [1.29, 1.82) is 0 Å². The molecule has 0 atom stereocenters. The first kappa shape index (κ1) is 40.0. The Kier molecular flexibility index (Phi) is 18.6. The maximum Gasteiger partial charge on any atom is 0.245 e. The quantitative estimate of drug-likeness (QED) is 0.0726. The fourth-order valence-corrected chi connectivity index (χ4v) is 7.07. The van der Waals surface area contributed by atoms with Gasteiger partial charge in [0.05, 0.1) is 13.1 Å². The van der Waals surface area contributed by atoms with E-state index in [1.54, 1.807) is 0 Å². The highest BCUT2D eigenvalue weighted by atomic mass is 79.9. The van der Waals surface area contributed by atoms with Crippen LogP contribution >= 0.6 is 0 Å². The van der Waals surface area contributed by atoms with Crippen LogP contribution in [-0.4, -0.2) is 9.13 Å². The van der Waals surface area contributed by atoms with Crippen molar-refractivity contribution in [2.75, 3.05) is 0 Å². The number of para-hydroxylation sites is 4. The molecule has 0 amide bonds. The first-order valence-electron chi connectivity index (χ1n) is 18.8. The minimum absolute atomic E-state index is 0. The molecule has 0 aliphatic rings. The number of halogens is 2. The Morgan fingerprint density at radius 1 is 0.417 bits per heavy atom. The summed E-state index contributed by atoms with van der Waals surface area (Å²) in [5.41, 5.74) is 8.05. The number of unbranched alkanes of at least 4 members (excludes halogenated alkanes) is 14. The van der Waals surface area contributed by atoms with Crippen LogP contribution in [0, 0.1) is 0 Å². The predicted molar refractivity (Wildman–Crippen MR) is 194 cm³/mol. The molecule has 0 fully saturated rings. The fourth-order valence-electron chi connectivity index (χ4n) is 7.07. The summed E-state index contributed by atoms with van der Waals surface area (Å²) in [6, 6.07) is 27.1. The molecule has 0 saturated heterocycles. The second-order valence-electron chi connectivity index (χ2n) is 13.6. The molecule has 0 radical (unpaired) electrons. The lowest BCUT2D eigenvalue weighted by atomic mass is 10.1. The zero-order valence-corrected chi connectivity index (χ0v) is 32.9. The van der Waals surface area contributed by atoms with E-state index in [2.05, 4.69) is 118 Å². The van der Waals surface area contributed by atoms with E-state index in [1.807, 2.05) is 0 Å². The molecule has 2 heterocycles. The van der Waals surface area contributed by atoms with Crippen LogP contribution in [0.1, 0.15) is 128 Å². The van der Waals surface area contributed by atoms with Crippen molar-refractivity contribution in [3.05, 3.63) is 96.6 Å². The smallest absolute Gasteiger partial charge is 0.245 e. The minimum atomic E-state index is 0. The van der Waals surface area contributed by atoms with Crippen LogP contribution in [0.15, 0.2) is 85.5 Å². The van der Waals surface area contributed by atoms with Crippen LogP contribution in [0.2, 0.25) is 0 Å². The monoisotopic (exact) mass is 778 g/mol. The topological polar surface area (TPSA) is 17.6 Å². The van der Waals surface area contributed by atoms with E-state index in [9.17, 15) is 0 Å². The van der Waals surface area contributed by atoms with Gasteiger partial charge in [-0.05, 0) is 61.1 Å². The number of rotatable bonds is 22. The SMILES string of the molecule is CCCCCCCCCCn1c[n+](Cc2ccc(C[n+]3cn(CCCCCCCCCC)c4ccccc43)cc2)c2ccccc21.[Br-].[Br-]. The van der Waals surface area contributed by atoms with Gasteiger partial charge in [0.1, 0.15) is 13.1 Å². The van der Waals surface area contributed by atoms with E-state index in [-0.39, 0.29) is 34.0 Å². The summed E-state index contributed by atoms with van der Waals surface area (Å²) in [5, 5.41) is 0. The number of benzene rings is 3. The van der Waals surface area contributed by atoms with E-state index < -0.39 is 0 Å². The summed E-state index contributed by atoms with van der Waals surface area (Å²) < 4.78 is 9.81. The highest BCUT2D eigenvalue weighted by Gasteiger charge is 2.17. The van der Waals surface area contributed by atoms with Gasteiger partial charge >= 0.3 is 0 Å². The standard InChI is InChI=1S/C42H60N4.2BrH/c1-3-5-7-9-11-13-15-21-31-43-35-45(41-25-19-17-23-39(41)43)33-37-27-29-38(30-28-37)34-46-36-44(40-24-18-20-26-42(40)46)32-22-16-14-12-10-8-6-4-2;;/h17-20,23-30,35-36H,3-16,21-22,31-34H2,1-2H3;2*1H/q+2;;/p-2. The predicted octanol–water partition coefficient (Wildman–Crippen LogP) is 4.56. The molecule has 6 heteroatoms. The number of imidazole rings is 2. The number of nitrogens with zero attached hydrogens (tertiary/aromatic N) is 4. The van der Waals surface area contributed by atoms with Gasteiger partial charge in [-0.1, -0.05) is 139 Å². The average Bonchev–Trinajstić information content (AvgIpc) is 3.62. The molecule has 0 unspecified atom stereocenters. The highest BCUT2D eigenvalue weighted by molar-refractivity contribution is 5.72. The van der Waals surface area contributed by atoms with Crippen molar-refractivity contribution in [1.82, 2.24) is 9.13 Å². The Labute approximate surface area is 312 Å². The van der Waals surface area contributed by atoms with Crippen LogP contribution in [0.25, 0.3) is 22.1 Å². The van der Waals surface area contributed by atoms with Gasteiger partial charge < -0.3 is 34.0 Å². The van der Waals surface area contributed by atoms with Crippen molar-refractivity contribution in [2.45, 2.75) is 143 Å². The Bertz CT molecular complexity index is 1470. The maximum atomic E-state index is 2.47. The largest absolute Gasteiger partial charge is 1.00 e. The molecule has 262 valence electrons. The Morgan fingerprint density at radius 2 is 0.750 bits per heavy atom. The third-order valence-corrected chi connectivity index (χ3v) is 9.79. The molecule has 0 aliphatic carbocycles. The first-order chi connectivity index (χ1) is 22.8. The summed E-state index contributed by atoms with van der Waals surface area (Å²) in [7, 11) is 0. The van der Waals surface area contributed by atoms with Gasteiger partial charge in [0.25, 0.3) is 0 Å². The molecular formula is C42H60Br2N4. The number of fused-ring (bicyclic) bond motifs is 2. The summed E-state index contributed by atoms with van der Waals surface area (Å²) in [6.45, 7) is 8.59. The Balaban J connectivity index is 0.00000312. The second kappa shape index (κ2) is 22.3. The normalized spacial score (nSPS) is 11.2. The molecule has 5 aromatic rings. The van der Waals surface area contributed by atoms with Gasteiger partial charge in [0.15, 0.2) is 22.1 Å². The van der Waals surface area contributed by atoms with E-state index >= 15 is 0 Å². The van der Waals surface area contributed by atoms with Crippen molar-refractivity contribution >= 4 is 22.1 Å². The zero-order chi connectivity index (χ0) is 31.8. The van der Waals surface area contributed by atoms with E-state index in [4.69, 9.17) is 0 Å². The van der Waals surface area contributed by atoms with Gasteiger partial charge in [-0.25, -0.2) is 18.3 Å². The third kappa shape index (κ3) is 11.9. The van der Waals surface area contributed by atoms with E-state index in [1.165, 1.54) is 136 Å². The van der Waals surface area contributed by atoms with Gasteiger partial charge in [-0.2, -0.15) is 0 Å². The van der Waals surface area contributed by atoms with Crippen LogP contribution in [-0.2, 0) is 26.2 Å². The number of hydrogen-bond acceptors (Lipinski definition) is 0. The van der Waals surface area contributed by atoms with Crippen LogP contribution in [0.3, 0.4) is 0 Å². The lowest BCUT2D eigenvalue weighted by Crippen LogP contribution is -3.00. The van der Waals surface area contributed by atoms with Gasteiger partial charge in [0, 0.05) is 0 Å². The summed E-state index contributed by atoms with van der Waals surface area (Å²) in [6.07, 6.45) is 26.4. The molecule has 48 heavy (non-hydrogen) atoms. The molecular weight excluding hydrogens is 720 g/mol. The van der Waals surface area contributed by atoms with Crippen molar-refractivity contribution in [3.63, 3.8) is 0 Å². The summed E-state index contributed by atoms with van der Waals surface area (Å²) >= 11 is 0. The molecule has 0 aliphatic heterocycles. The summed E-state index contributed by atoms with van der Waals surface area (Å²) in [4.78, 5) is 0. The molecule has 0 saturated carbocycles. The van der Waals surface area contributed by atoms with Crippen LogP contribution < -0.4 is 43.1 Å². The average molecular weight is 781 g/mol. The summed E-state index contributed by atoms with van der Waals surface area (Å²) in [5.74, 6) is 0. The van der Waals surface area contributed by atoms with E-state index in [0.717, 1.165) is 26.2 Å². The van der Waals surface area contributed by atoms with Crippen molar-refractivity contribution in [3.8, 4) is 0 Å². The van der Waals surface area contributed by atoms with Crippen molar-refractivity contribution in [2.24, 2.45) is 0 Å². The highest BCUT2D eigenvalue weighted by Crippen LogP contribution is 2.17. The first-order valence-corrected chi connectivity index (χ1v) is 18.8. The van der Waals surface area contributed by atoms with Gasteiger partial charge in [-0.3, -0.25) is 0 Å². The molecule has 3 aromatic carbocycles. The fraction of sp³-hybridized carbons (Fsp3) is 0.524. The second-order valence-corrected chi connectivity index (χ2v) is 13.6. The van der Waals surface area contributed by atoms with E-state index in [0.29, 0.717) is 0 Å². The molecule has 4 nitrogen and oxygen atoms in total. The van der Waals surface area contributed by atoms with Crippen molar-refractivity contribution < 1.29 is 43.1 Å². The number of aromatic nitrogens is 4. The number of aryl methyl sites for hydroxylation is 2. The lowest BCUT2D eigenvalue weighted by molar-refractivity contribution is -0.663.